The molecule has 19 heavy (non-hydrogen) atoms. The summed E-state index contributed by atoms with van der Waals surface area (Å²) in [4.78, 5) is 0. The molecule has 96 valence electrons. The summed E-state index contributed by atoms with van der Waals surface area (Å²) in [6, 6.07) is 11.5. The van der Waals surface area contributed by atoms with Gasteiger partial charge in [0, 0.05) is 0 Å². The zero-order valence-electron chi connectivity index (χ0n) is 10.8. The van der Waals surface area contributed by atoms with Crippen molar-refractivity contribution in [3.05, 3.63) is 42.5 Å². The molecule has 3 aliphatic carbocycles. The molecule has 0 radical (unpaired) electrons. The topological polar surface area (TPSA) is 28.0 Å². The average Bonchev–Trinajstić information content (AvgIpc) is 3.17. The van der Waals surface area contributed by atoms with Gasteiger partial charge in [-0.2, -0.15) is 5.11 Å². The minimum atomic E-state index is 0.439. The third-order valence-electron chi connectivity index (χ3n) is 5.66. The fourth-order valence-corrected chi connectivity index (χ4v) is 4.99. The Kier molecular flexibility index (Phi) is 1.86. The van der Waals surface area contributed by atoms with Crippen LogP contribution in [-0.4, -0.2) is 12.1 Å². The van der Waals surface area contributed by atoms with E-state index in [1.54, 1.807) is 0 Å². The van der Waals surface area contributed by atoms with Crippen molar-refractivity contribution in [2.24, 2.45) is 34.0 Å². The number of allylic oxidation sites excluding steroid dienone is 2. The van der Waals surface area contributed by atoms with E-state index in [4.69, 9.17) is 0 Å². The minimum Gasteiger partial charge on any atom is -0.242 e. The van der Waals surface area contributed by atoms with Gasteiger partial charge in [-0.3, -0.25) is 0 Å². The first-order chi connectivity index (χ1) is 9.43. The number of anilines is 1. The largest absolute Gasteiger partial charge is 0.242 e. The normalized spacial score (nSPS) is 44.9. The SMILES string of the molecule is C1=C[C@H]2[C@H]3C[C@H]([C@H]2C1)[C@H]1[C@@H]3N=NN1c1ccccc1. The van der Waals surface area contributed by atoms with Crippen molar-refractivity contribution in [1.29, 1.82) is 0 Å². The van der Waals surface area contributed by atoms with Gasteiger partial charge < -0.3 is 0 Å². The first-order valence-corrected chi connectivity index (χ1v) is 7.35. The molecule has 2 saturated carbocycles. The molecule has 6 atom stereocenters. The first kappa shape index (κ1) is 10.2. The quantitative estimate of drug-likeness (QED) is 0.702. The van der Waals surface area contributed by atoms with Crippen molar-refractivity contribution in [3.8, 4) is 0 Å². The molecule has 0 aromatic heterocycles. The van der Waals surface area contributed by atoms with Gasteiger partial charge >= 0.3 is 0 Å². The van der Waals surface area contributed by atoms with Crippen LogP contribution in [0.5, 0.6) is 0 Å². The van der Waals surface area contributed by atoms with Crippen molar-refractivity contribution in [2.75, 3.05) is 5.01 Å². The van der Waals surface area contributed by atoms with E-state index in [1.807, 2.05) is 0 Å². The monoisotopic (exact) mass is 251 g/mol. The number of para-hydroxylation sites is 1. The van der Waals surface area contributed by atoms with Crippen molar-refractivity contribution >= 4 is 5.69 Å². The highest BCUT2D eigenvalue weighted by Gasteiger charge is 2.61. The Morgan fingerprint density at radius 3 is 2.84 bits per heavy atom. The van der Waals surface area contributed by atoms with E-state index in [2.05, 4.69) is 57.8 Å². The molecule has 1 heterocycles. The molecule has 0 N–H and O–H groups in total. The molecular weight excluding hydrogens is 234 g/mol. The Bertz CT molecular complexity index is 565. The highest BCUT2D eigenvalue weighted by molar-refractivity contribution is 5.48. The lowest BCUT2D eigenvalue weighted by Gasteiger charge is -2.35. The van der Waals surface area contributed by atoms with E-state index in [9.17, 15) is 0 Å². The predicted octanol–water partition coefficient (Wildman–Crippen LogP) is 3.45. The predicted molar refractivity (Wildman–Crippen MR) is 73.7 cm³/mol. The molecule has 4 aliphatic rings. The van der Waals surface area contributed by atoms with Crippen molar-refractivity contribution in [1.82, 2.24) is 0 Å². The lowest BCUT2D eigenvalue weighted by Crippen LogP contribution is -2.44. The number of hydrogen-bond donors (Lipinski definition) is 0. The lowest BCUT2D eigenvalue weighted by molar-refractivity contribution is 0.238. The van der Waals surface area contributed by atoms with Gasteiger partial charge in [-0.1, -0.05) is 35.6 Å². The summed E-state index contributed by atoms with van der Waals surface area (Å²) in [7, 11) is 0. The molecule has 1 aromatic carbocycles. The molecule has 3 heteroatoms. The zero-order chi connectivity index (χ0) is 12.4. The second-order valence-corrected chi connectivity index (χ2v) is 6.33. The van der Waals surface area contributed by atoms with Crippen LogP contribution in [0.15, 0.2) is 52.8 Å². The van der Waals surface area contributed by atoms with E-state index >= 15 is 0 Å². The number of fused-ring (bicyclic) bond motifs is 8. The Morgan fingerprint density at radius 2 is 1.95 bits per heavy atom. The Labute approximate surface area is 113 Å². The first-order valence-electron chi connectivity index (χ1n) is 7.35. The van der Waals surface area contributed by atoms with Crippen molar-refractivity contribution < 1.29 is 0 Å². The molecule has 2 bridgehead atoms. The lowest BCUT2D eigenvalue weighted by atomic mass is 9.76. The van der Waals surface area contributed by atoms with Gasteiger partial charge in [-0.25, -0.2) is 5.01 Å². The van der Waals surface area contributed by atoms with Crippen LogP contribution in [0.25, 0.3) is 0 Å². The number of benzene rings is 1. The van der Waals surface area contributed by atoms with E-state index in [1.165, 1.54) is 18.5 Å². The van der Waals surface area contributed by atoms with Crippen molar-refractivity contribution in [2.45, 2.75) is 24.9 Å². The standard InChI is InChI=1S/C16H17N3/c1-2-5-10(6-3-1)19-16-14-9-13(15(16)17-18-19)11-7-4-8-12(11)14/h1-7,11-16H,8-9H2/t11-,12+,13-,14-,15-,16+/m1/s1. The molecule has 5 rings (SSSR count). The van der Waals surface area contributed by atoms with Gasteiger partial charge in [0.25, 0.3) is 0 Å². The molecule has 2 fully saturated rings. The van der Waals surface area contributed by atoms with Gasteiger partial charge in [0.15, 0.2) is 0 Å². The molecule has 0 amide bonds. The Morgan fingerprint density at radius 1 is 1.05 bits per heavy atom. The number of hydrogen-bond acceptors (Lipinski definition) is 3. The molecule has 0 spiro atoms. The van der Waals surface area contributed by atoms with E-state index < -0.39 is 0 Å². The highest BCUT2D eigenvalue weighted by Crippen LogP contribution is 2.60. The van der Waals surface area contributed by atoms with Crippen LogP contribution in [0.2, 0.25) is 0 Å². The van der Waals surface area contributed by atoms with Crippen LogP contribution in [0.3, 0.4) is 0 Å². The smallest absolute Gasteiger partial charge is 0.0990 e. The summed E-state index contributed by atoms with van der Waals surface area (Å²) in [5, 5.41) is 11.3. The third-order valence-corrected chi connectivity index (χ3v) is 5.66. The molecule has 0 saturated heterocycles. The van der Waals surface area contributed by atoms with Crippen LogP contribution in [-0.2, 0) is 0 Å². The van der Waals surface area contributed by atoms with Gasteiger partial charge in [0.1, 0.15) is 0 Å². The summed E-state index contributed by atoms with van der Waals surface area (Å²) in [6.45, 7) is 0. The number of rotatable bonds is 1. The summed E-state index contributed by atoms with van der Waals surface area (Å²) >= 11 is 0. The maximum atomic E-state index is 4.62. The maximum absolute atomic E-state index is 4.62. The molecule has 1 aromatic rings. The van der Waals surface area contributed by atoms with Crippen LogP contribution < -0.4 is 5.01 Å². The zero-order valence-corrected chi connectivity index (χ0v) is 10.8. The van der Waals surface area contributed by atoms with Crippen LogP contribution in [0.4, 0.5) is 5.69 Å². The van der Waals surface area contributed by atoms with Gasteiger partial charge in [-0.05, 0) is 48.6 Å². The van der Waals surface area contributed by atoms with Crippen LogP contribution in [0, 0.1) is 23.7 Å². The summed E-state index contributed by atoms with van der Waals surface area (Å²) in [6.07, 6.45) is 7.47. The second kappa shape index (κ2) is 3.47. The third kappa shape index (κ3) is 1.18. The van der Waals surface area contributed by atoms with Crippen LogP contribution >= 0.6 is 0 Å². The summed E-state index contributed by atoms with van der Waals surface area (Å²) in [5.41, 5.74) is 1.20. The van der Waals surface area contributed by atoms with E-state index in [-0.39, 0.29) is 0 Å². The summed E-state index contributed by atoms with van der Waals surface area (Å²) in [5.74, 6) is 3.18. The Balaban J connectivity index is 1.53. The second-order valence-electron chi connectivity index (χ2n) is 6.33. The van der Waals surface area contributed by atoms with Crippen molar-refractivity contribution in [3.63, 3.8) is 0 Å². The van der Waals surface area contributed by atoms with E-state index in [0.717, 1.165) is 23.7 Å². The molecular formula is C16H17N3. The molecule has 3 nitrogen and oxygen atoms in total. The minimum absolute atomic E-state index is 0.439. The van der Waals surface area contributed by atoms with Gasteiger partial charge in [0.2, 0.25) is 0 Å². The Hall–Kier alpha value is -1.64. The van der Waals surface area contributed by atoms with Crippen LogP contribution in [0.1, 0.15) is 12.8 Å². The van der Waals surface area contributed by atoms with Gasteiger partial charge in [0.05, 0.1) is 17.8 Å². The van der Waals surface area contributed by atoms with Gasteiger partial charge in [-0.15, -0.1) is 0 Å². The fraction of sp³-hybridized carbons (Fsp3) is 0.500. The number of nitrogens with zero attached hydrogens (tertiary/aromatic N) is 3. The average molecular weight is 251 g/mol. The fourth-order valence-electron chi connectivity index (χ4n) is 4.99. The van der Waals surface area contributed by atoms with E-state index in [0.29, 0.717) is 12.1 Å². The molecule has 0 unspecified atom stereocenters. The maximum Gasteiger partial charge on any atom is 0.0990 e. The summed E-state index contributed by atoms with van der Waals surface area (Å²) < 4.78 is 0. The molecule has 1 aliphatic heterocycles. The highest BCUT2D eigenvalue weighted by atomic mass is 15.6.